The molecule has 1 aliphatic rings. The average Bonchev–Trinajstić information content (AvgIpc) is 3.24. The van der Waals surface area contributed by atoms with E-state index in [1.807, 2.05) is 152 Å². The summed E-state index contributed by atoms with van der Waals surface area (Å²) in [5, 5.41) is 24.7. The molecule has 0 aromatic heterocycles. The predicted octanol–water partition coefficient (Wildman–Crippen LogP) is 9.05. The van der Waals surface area contributed by atoms with E-state index in [9.17, 15) is 10.2 Å². The molecule has 7 nitrogen and oxygen atoms in total. The standard InChI is InChI=1S/C47H45BrO7/c48-41-26-24-38(25-27-41)43(49)39-22-13-23-40(28-39)47(50)46(54-32-37-20-11-4-12-21-37)45(53-31-36-18-9-3-10-19-36)44(52-30-35-16-7-2-8-17-35)42(55-47)33-51-29-34-14-5-1-6-15-34/h1-28,42-46,49-50H,29-33H2/t42-,43-,44?,45+,46-,47?/m1/s1. The molecule has 6 aromatic rings. The van der Waals surface area contributed by atoms with Crippen LogP contribution in [-0.2, 0) is 55.9 Å². The monoisotopic (exact) mass is 800 g/mol. The van der Waals surface area contributed by atoms with Gasteiger partial charge in [0.25, 0.3) is 0 Å². The third-order valence-electron chi connectivity index (χ3n) is 9.74. The molecule has 6 atom stereocenters. The van der Waals surface area contributed by atoms with E-state index in [2.05, 4.69) is 15.9 Å². The van der Waals surface area contributed by atoms with Gasteiger partial charge in [-0.15, -0.1) is 0 Å². The quantitative estimate of drug-likeness (QED) is 0.101. The van der Waals surface area contributed by atoms with Crippen molar-refractivity contribution in [3.63, 3.8) is 0 Å². The molecular formula is C47H45BrO7. The first-order chi connectivity index (χ1) is 27.0. The molecule has 6 aromatic carbocycles. The molecule has 55 heavy (non-hydrogen) atoms. The van der Waals surface area contributed by atoms with E-state index in [1.54, 1.807) is 18.2 Å². The Morgan fingerprint density at radius 1 is 0.545 bits per heavy atom. The van der Waals surface area contributed by atoms with Gasteiger partial charge in [-0.25, -0.2) is 0 Å². The highest BCUT2D eigenvalue weighted by molar-refractivity contribution is 9.10. The zero-order valence-corrected chi connectivity index (χ0v) is 32.0. The van der Waals surface area contributed by atoms with Crippen LogP contribution in [0.3, 0.4) is 0 Å². The average molecular weight is 802 g/mol. The molecule has 1 aliphatic heterocycles. The fourth-order valence-electron chi connectivity index (χ4n) is 6.85. The first-order valence-electron chi connectivity index (χ1n) is 18.5. The van der Waals surface area contributed by atoms with Crippen LogP contribution in [0, 0.1) is 0 Å². The molecule has 0 aliphatic carbocycles. The van der Waals surface area contributed by atoms with E-state index < -0.39 is 36.3 Å². The van der Waals surface area contributed by atoms with Gasteiger partial charge in [-0.1, -0.05) is 168 Å². The Balaban J connectivity index is 1.29. The van der Waals surface area contributed by atoms with Crippen LogP contribution >= 0.6 is 15.9 Å². The van der Waals surface area contributed by atoms with Gasteiger partial charge in [0, 0.05) is 10.0 Å². The van der Waals surface area contributed by atoms with Gasteiger partial charge in [0.2, 0.25) is 5.79 Å². The molecule has 1 saturated heterocycles. The summed E-state index contributed by atoms with van der Waals surface area (Å²) in [5.74, 6) is -2.06. The van der Waals surface area contributed by atoms with Crippen LogP contribution in [0.15, 0.2) is 174 Å². The number of aliphatic hydroxyl groups is 2. The summed E-state index contributed by atoms with van der Waals surface area (Å²) in [6.07, 6.45) is -4.40. The van der Waals surface area contributed by atoms with Gasteiger partial charge in [-0.2, -0.15) is 0 Å². The fourth-order valence-corrected chi connectivity index (χ4v) is 7.12. The van der Waals surface area contributed by atoms with Crippen LogP contribution in [0.4, 0.5) is 0 Å². The lowest BCUT2D eigenvalue weighted by Gasteiger charge is -2.50. The van der Waals surface area contributed by atoms with Gasteiger partial charge in [-0.3, -0.25) is 0 Å². The lowest BCUT2D eigenvalue weighted by molar-refractivity contribution is -0.378. The van der Waals surface area contributed by atoms with Crippen molar-refractivity contribution in [2.24, 2.45) is 0 Å². The molecule has 0 bridgehead atoms. The Morgan fingerprint density at radius 2 is 1.04 bits per heavy atom. The van der Waals surface area contributed by atoms with Crippen LogP contribution in [-0.4, -0.2) is 41.2 Å². The van der Waals surface area contributed by atoms with E-state index in [0.29, 0.717) is 23.3 Å². The summed E-state index contributed by atoms with van der Waals surface area (Å²) >= 11 is 3.48. The highest BCUT2D eigenvalue weighted by Gasteiger charge is 2.57. The Kier molecular flexibility index (Phi) is 13.3. The van der Waals surface area contributed by atoms with Crippen molar-refractivity contribution in [3.05, 3.63) is 213 Å². The molecular weight excluding hydrogens is 756 g/mol. The van der Waals surface area contributed by atoms with Crippen molar-refractivity contribution in [2.75, 3.05) is 6.61 Å². The maximum absolute atomic E-state index is 13.1. The van der Waals surface area contributed by atoms with Gasteiger partial charge in [-0.05, 0) is 51.6 Å². The minimum absolute atomic E-state index is 0.0917. The first-order valence-corrected chi connectivity index (χ1v) is 19.3. The topological polar surface area (TPSA) is 86.6 Å². The number of aliphatic hydroxyl groups excluding tert-OH is 1. The maximum atomic E-state index is 13.1. The van der Waals surface area contributed by atoms with Crippen LogP contribution in [0.25, 0.3) is 0 Å². The Morgan fingerprint density at radius 3 is 1.58 bits per heavy atom. The molecule has 1 heterocycles. The second-order valence-electron chi connectivity index (χ2n) is 13.7. The van der Waals surface area contributed by atoms with Crippen LogP contribution in [0.2, 0.25) is 0 Å². The Bertz CT molecular complexity index is 2030. The number of rotatable bonds is 16. The third-order valence-corrected chi connectivity index (χ3v) is 10.3. The summed E-state index contributed by atoms with van der Waals surface area (Å²) in [6.45, 7) is 1.10. The van der Waals surface area contributed by atoms with E-state index >= 15 is 0 Å². The van der Waals surface area contributed by atoms with Gasteiger partial charge in [0.05, 0.1) is 33.0 Å². The third kappa shape index (κ3) is 10.0. The zero-order valence-electron chi connectivity index (χ0n) is 30.4. The first kappa shape index (κ1) is 38.8. The van der Waals surface area contributed by atoms with E-state index in [1.165, 1.54) is 0 Å². The van der Waals surface area contributed by atoms with Crippen LogP contribution in [0.5, 0.6) is 0 Å². The molecule has 2 N–H and O–H groups in total. The minimum atomic E-state index is -2.06. The van der Waals surface area contributed by atoms with Crippen molar-refractivity contribution >= 4 is 15.9 Å². The summed E-state index contributed by atoms with van der Waals surface area (Å²) < 4.78 is 34.4. The molecule has 0 radical (unpaired) electrons. The largest absolute Gasteiger partial charge is 0.384 e. The van der Waals surface area contributed by atoms with Gasteiger partial charge < -0.3 is 33.9 Å². The summed E-state index contributed by atoms with van der Waals surface area (Å²) in [6, 6.07) is 54.2. The van der Waals surface area contributed by atoms with Gasteiger partial charge in [0.1, 0.15) is 30.5 Å². The molecule has 0 spiro atoms. The van der Waals surface area contributed by atoms with Crippen LogP contribution < -0.4 is 0 Å². The van der Waals surface area contributed by atoms with Crippen molar-refractivity contribution < 1.29 is 33.9 Å². The molecule has 282 valence electrons. The summed E-state index contributed by atoms with van der Waals surface area (Å²) in [5.41, 5.74) is 5.55. The second kappa shape index (κ2) is 18.9. The van der Waals surface area contributed by atoms with Crippen molar-refractivity contribution in [2.45, 2.75) is 62.7 Å². The normalized spacial score (nSPS) is 21.6. The SMILES string of the molecule is O[C@H](c1ccc(Br)cc1)c1cccc(C2(O)O[C@H](COCc3ccccc3)C(OCc3ccccc3)[C@H](OCc3ccccc3)[C@H]2OCc2ccccc2)c1. The smallest absolute Gasteiger partial charge is 0.222 e. The lowest BCUT2D eigenvalue weighted by atomic mass is 9.86. The molecule has 7 rings (SSSR count). The lowest BCUT2D eigenvalue weighted by Crippen LogP contribution is -2.65. The number of benzene rings is 6. The van der Waals surface area contributed by atoms with E-state index in [0.717, 1.165) is 26.7 Å². The highest BCUT2D eigenvalue weighted by Crippen LogP contribution is 2.42. The van der Waals surface area contributed by atoms with Gasteiger partial charge >= 0.3 is 0 Å². The molecule has 0 saturated carbocycles. The number of halogens is 1. The van der Waals surface area contributed by atoms with E-state index in [4.69, 9.17) is 23.7 Å². The van der Waals surface area contributed by atoms with E-state index in [-0.39, 0.29) is 26.4 Å². The molecule has 8 heteroatoms. The Labute approximate surface area is 331 Å². The van der Waals surface area contributed by atoms with Crippen molar-refractivity contribution in [1.82, 2.24) is 0 Å². The molecule has 1 fully saturated rings. The number of hydrogen-bond acceptors (Lipinski definition) is 7. The summed E-state index contributed by atoms with van der Waals surface area (Å²) in [7, 11) is 0. The zero-order chi connectivity index (χ0) is 37.9. The van der Waals surface area contributed by atoms with Gasteiger partial charge in [0.15, 0.2) is 0 Å². The minimum Gasteiger partial charge on any atom is -0.384 e. The molecule has 2 unspecified atom stereocenters. The highest BCUT2D eigenvalue weighted by atomic mass is 79.9. The number of hydrogen-bond donors (Lipinski definition) is 2. The number of ether oxygens (including phenoxy) is 5. The van der Waals surface area contributed by atoms with Crippen molar-refractivity contribution in [1.29, 1.82) is 0 Å². The summed E-state index contributed by atoms with van der Waals surface area (Å²) in [4.78, 5) is 0. The predicted molar refractivity (Wildman–Crippen MR) is 215 cm³/mol. The second-order valence-corrected chi connectivity index (χ2v) is 14.6. The van der Waals surface area contributed by atoms with Crippen molar-refractivity contribution in [3.8, 4) is 0 Å². The van der Waals surface area contributed by atoms with Crippen LogP contribution in [0.1, 0.15) is 45.0 Å². The maximum Gasteiger partial charge on any atom is 0.222 e. The molecule has 0 amide bonds. The Hall–Kier alpha value is -4.48. The fraction of sp³-hybridized carbons (Fsp3) is 0.234.